The van der Waals surface area contributed by atoms with Gasteiger partial charge in [-0.25, -0.2) is 4.98 Å². The lowest BCUT2D eigenvalue weighted by molar-refractivity contribution is 0.981. The smallest absolute Gasteiger partial charge is 0.137 e. The van der Waals surface area contributed by atoms with Crippen molar-refractivity contribution in [2.45, 2.75) is 13.5 Å². The van der Waals surface area contributed by atoms with E-state index in [4.69, 9.17) is 0 Å². The maximum atomic E-state index is 4.58. The molecule has 0 atom stereocenters. The van der Waals surface area contributed by atoms with Gasteiger partial charge >= 0.3 is 0 Å². The number of imidazole rings is 1. The van der Waals surface area contributed by atoms with Crippen LogP contribution in [0.4, 0.5) is 11.4 Å². The molecular weight excluding hydrogens is 262 g/mol. The highest BCUT2D eigenvalue weighted by Crippen LogP contribution is 2.23. The molecule has 3 rings (SSSR count). The zero-order valence-corrected chi connectivity index (χ0v) is 12.5. The van der Waals surface area contributed by atoms with E-state index in [-0.39, 0.29) is 0 Å². The second-order valence-corrected chi connectivity index (χ2v) is 5.21. The van der Waals surface area contributed by atoms with E-state index in [1.807, 2.05) is 57.7 Å². The molecule has 0 fully saturated rings. The lowest BCUT2D eigenvalue weighted by atomic mass is 10.3. The zero-order valence-electron chi connectivity index (χ0n) is 12.5. The standard InChI is InChI=1S/C16H19N5/c1-12-15(21-9-5-4-6-16(21)19-12)11-18-13-10-17-8-7-14(13)20(2)3/h4-10,18H,11H2,1-3H3. The van der Waals surface area contributed by atoms with E-state index in [1.165, 1.54) is 5.69 Å². The Balaban J connectivity index is 1.89. The summed E-state index contributed by atoms with van der Waals surface area (Å²) < 4.78 is 2.12. The molecule has 0 amide bonds. The summed E-state index contributed by atoms with van der Waals surface area (Å²) in [5, 5.41) is 3.46. The summed E-state index contributed by atoms with van der Waals surface area (Å²) in [7, 11) is 4.06. The van der Waals surface area contributed by atoms with Gasteiger partial charge in [-0.05, 0) is 25.1 Å². The van der Waals surface area contributed by atoms with Crippen LogP contribution in [0.15, 0.2) is 42.9 Å². The third-order valence-electron chi connectivity index (χ3n) is 3.56. The molecule has 0 aliphatic carbocycles. The highest BCUT2D eigenvalue weighted by atomic mass is 15.1. The monoisotopic (exact) mass is 281 g/mol. The van der Waals surface area contributed by atoms with Gasteiger partial charge in [0.05, 0.1) is 35.5 Å². The second-order valence-electron chi connectivity index (χ2n) is 5.21. The van der Waals surface area contributed by atoms with Crippen molar-refractivity contribution in [3.05, 3.63) is 54.2 Å². The third-order valence-corrected chi connectivity index (χ3v) is 3.56. The van der Waals surface area contributed by atoms with Gasteiger partial charge in [-0.1, -0.05) is 6.07 Å². The summed E-state index contributed by atoms with van der Waals surface area (Å²) in [5.74, 6) is 0. The summed E-state index contributed by atoms with van der Waals surface area (Å²) in [5.41, 5.74) is 5.33. The van der Waals surface area contributed by atoms with E-state index in [2.05, 4.69) is 24.6 Å². The Hall–Kier alpha value is -2.56. The molecule has 1 N–H and O–H groups in total. The topological polar surface area (TPSA) is 45.5 Å². The quantitative estimate of drug-likeness (QED) is 0.798. The highest BCUT2D eigenvalue weighted by molar-refractivity contribution is 5.68. The van der Waals surface area contributed by atoms with Crippen LogP contribution in [0, 0.1) is 6.92 Å². The summed E-state index contributed by atoms with van der Waals surface area (Å²) in [6, 6.07) is 8.05. The average Bonchev–Trinajstić information content (AvgIpc) is 2.81. The molecule has 5 nitrogen and oxygen atoms in total. The van der Waals surface area contributed by atoms with Crippen molar-refractivity contribution >= 4 is 17.0 Å². The van der Waals surface area contributed by atoms with Gasteiger partial charge in [0, 0.05) is 26.5 Å². The number of aromatic nitrogens is 3. The van der Waals surface area contributed by atoms with Crippen LogP contribution in [-0.4, -0.2) is 28.5 Å². The minimum atomic E-state index is 0.712. The van der Waals surface area contributed by atoms with E-state index < -0.39 is 0 Å². The van der Waals surface area contributed by atoms with Gasteiger partial charge in [0.1, 0.15) is 5.65 Å². The Morgan fingerprint density at radius 1 is 1.24 bits per heavy atom. The van der Waals surface area contributed by atoms with Gasteiger partial charge in [-0.2, -0.15) is 0 Å². The van der Waals surface area contributed by atoms with Gasteiger partial charge in [0.15, 0.2) is 0 Å². The van der Waals surface area contributed by atoms with Crippen LogP contribution in [0.1, 0.15) is 11.4 Å². The van der Waals surface area contributed by atoms with Gasteiger partial charge in [-0.15, -0.1) is 0 Å². The third kappa shape index (κ3) is 2.54. The molecular formula is C16H19N5. The largest absolute Gasteiger partial charge is 0.376 e. The average molecular weight is 281 g/mol. The number of pyridine rings is 2. The van der Waals surface area contributed by atoms with E-state index in [9.17, 15) is 0 Å². The normalized spacial score (nSPS) is 10.8. The lowest BCUT2D eigenvalue weighted by Gasteiger charge is -2.17. The predicted molar refractivity (Wildman–Crippen MR) is 85.8 cm³/mol. The van der Waals surface area contributed by atoms with Crippen molar-refractivity contribution in [1.29, 1.82) is 0 Å². The molecule has 0 saturated carbocycles. The molecule has 5 heteroatoms. The summed E-state index contributed by atoms with van der Waals surface area (Å²) in [6.45, 7) is 2.75. The van der Waals surface area contributed by atoms with Gasteiger partial charge in [-0.3, -0.25) is 4.98 Å². The molecule has 108 valence electrons. The lowest BCUT2D eigenvalue weighted by Crippen LogP contribution is -2.13. The molecule has 0 spiro atoms. The Labute approximate surface area is 124 Å². The first-order valence-electron chi connectivity index (χ1n) is 6.94. The Morgan fingerprint density at radius 2 is 2.10 bits per heavy atom. The second kappa shape index (κ2) is 5.44. The van der Waals surface area contributed by atoms with Crippen LogP contribution in [-0.2, 0) is 6.54 Å². The number of hydrogen-bond acceptors (Lipinski definition) is 4. The molecule has 0 unspecified atom stereocenters. The first-order chi connectivity index (χ1) is 10.2. The molecule has 0 aliphatic rings. The van der Waals surface area contributed by atoms with Crippen molar-refractivity contribution in [3.63, 3.8) is 0 Å². The van der Waals surface area contributed by atoms with Crippen LogP contribution in [0.3, 0.4) is 0 Å². The number of fused-ring (bicyclic) bond motifs is 1. The Kier molecular flexibility index (Phi) is 3.48. The minimum absolute atomic E-state index is 0.712. The molecule has 0 aromatic carbocycles. The molecule has 0 radical (unpaired) electrons. The van der Waals surface area contributed by atoms with Crippen molar-refractivity contribution in [1.82, 2.24) is 14.4 Å². The highest BCUT2D eigenvalue weighted by Gasteiger charge is 2.09. The number of nitrogens with one attached hydrogen (secondary N) is 1. The summed E-state index contributed by atoms with van der Waals surface area (Å²) in [6.07, 6.45) is 5.70. The molecule has 3 aromatic rings. The molecule has 21 heavy (non-hydrogen) atoms. The molecule has 0 bridgehead atoms. The number of hydrogen-bond donors (Lipinski definition) is 1. The SMILES string of the molecule is Cc1nc2ccccn2c1CNc1cnccc1N(C)C. The Morgan fingerprint density at radius 3 is 2.90 bits per heavy atom. The molecule has 3 aromatic heterocycles. The first-order valence-corrected chi connectivity index (χ1v) is 6.94. The number of anilines is 2. The molecule has 0 saturated heterocycles. The van der Waals surface area contributed by atoms with E-state index in [0.717, 1.165) is 22.7 Å². The molecule has 0 aliphatic heterocycles. The van der Waals surface area contributed by atoms with Crippen LogP contribution >= 0.6 is 0 Å². The van der Waals surface area contributed by atoms with Gasteiger partial charge < -0.3 is 14.6 Å². The maximum Gasteiger partial charge on any atom is 0.137 e. The number of rotatable bonds is 4. The first kappa shape index (κ1) is 13.4. The fourth-order valence-corrected chi connectivity index (χ4v) is 2.47. The summed E-state index contributed by atoms with van der Waals surface area (Å²) in [4.78, 5) is 10.9. The van der Waals surface area contributed by atoms with E-state index in [1.54, 1.807) is 6.20 Å². The van der Waals surface area contributed by atoms with Gasteiger partial charge in [0.25, 0.3) is 0 Å². The van der Waals surface area contributed by atoms with E-state index in [0.29, 0.717) is 6.54 Å². The fraction of sp³-hybridized carbons (Fsp3) is 0.250. The van der Waals surface area contributed by atoms with Crippen molar-refractivity contribution in [2.75, 3.05) is 24.3 Å². The van der Waals surface area contributed by atoms with Crippen molar-refractivity contribution < 1.29 is 0 Å². The van der Waals surface area contributed by atoms with Crippen molar-refractivity contribution in [3.8, 4) is 0 Å². The van der Waals surface area contributed by atoms with E-state index >= 15 is 0 Å². The van der Waals surface area contributed by atoms with Crippen LogP contribution < -0.4 is 10.2 Å². The number of aryl methyl sites for hydroxylation is 1. The fourth-order valence-electron chi connectivity index (χ4n) is 2.47. The van der Waals surface area contributed by atoms with Crippen LogP contribution in [0.5, 0.6) is 0 Å². The maximum absolute atomic E-state index is 4.58. The number of nitrogens with zero attached hydrogens (tertiary/aromatic N) is 4. The van der Waals surface area contributed by atoms with Crippen LogP contribution in [0.25, 0.3) is 5.65 Å². The van der Waals surface area contributed by atoms with Crippen LogP contribution in [0.2, 0.25) is 0 Å². The minimum Gasteiger partial charge on any atom is -0.376 e. The summed E-state index contributed by atoms with van der Waals surface area (Å²) >= 11 is 0. The Bertz CT molecular complexity index is 760. The van der Waals surface area contributed by atoms with Gasteiger partial charge in [0.2, 0.25) is 0 Å². The predicted octanol–water partition coefficient (Wildman–Crippen LogP) is 2.72. The van der Waals surface area contributed by atoms with Crippen molar-refractivity contribution in [2.24, 2.45) is 0 Å². The molecule has 3 heterocycles. The zero-order chi connectivity index (χ0) is 14.8.